The van der Waals surface area contributed by atoms with E-state index in [9.17, 15) is 5.11 Å². The Bertz CT molecular complexity index is 634. The average Bonchev–Trinajstić information content (AvgIpc) is 2.84. The van der Waals surface area contributed by atoms with Gasteiger partial charge in [0.2, 0.25) is 0 Å². The maximum Gasteiger partial charge on any atom is 0.123 e. The molecule has 3 nitrogen and oxygen atoms in total. The predicted octanol–water partition coefficient (Wildman–Crippen LogP) is 4.94. The molecular weight excluding hydrogens is 272 g/mol. The van der Waals surface area contributed by atoms with Crippen LogP contribution in [0.3, 0.4) is 0 Å². The maximum atomic E-state index is 10.8. The third-order valence-electron chi connectivity index (χ3n) is 4.11. The second-order valence-electron chi connectivity index (χ2n) is 8.04. The molecule has 0 aliphatic carbocycles. The molecule has 1 aromatic heterocycles. The number of phenols is 1. The fourth-order valence-corrected chi connectivity index (χ4v) is 2.75. The molecule has 2 N–H and O–H groups in total. The van der Waals surface area contributed by atoms with Crippen LogP contribution in [0.15, 0.2) is 18.3 Å². The summed E-state index contributed by atoms with van der Waals surface area (Å²) in [5.74, 6) is 0.418. The highest BCUT2D eigenvalue weighted by molar-refractivity contribution is 5.68. The number of hydrogen-bond donors (Lipinski definition) is 2. The smallest absolute Gasteiger partial charge is 0.123 e. The van der Waals surface area contributed by atoms with Crippen LogP contribution in [0.2, 0.25) is 0 Å². The Kier molecular flexibility index (Phi) is 4.12. The average molecular weight is 300 g/mol. The molecule has 0 aliphatic heterocycles. The Labute approximate surface area is 133 Å². The van der Waals surface area contributed by atoms with Crippen molar-refractivity contribution in [3.05, 3.63) is 35.0 Å². The lowest BCUT2D eigenvalue weighted by Crippen LogP contribution is -2.17. The summed E-state index contributed by atoms with van der Waals surface area (Å²) in [5.41, 5.74) is 5.07. The molecule has 0 radical (unpaired) electrons. The monoisotopic (exact) mass is 300 g/mol. The lowest BCUT2D eigenvalue weighted by atomic mass is 9.78. The zero-order valence-corrected chi connectivity index (χ0v) is 14.8. The van der Waals surface area contributed by atoms with Gasteiger partial charge < -0.3 is 5.11 Å². The Morgan fingerprint density at radius 2 is 1.50 bits per heavy atom. The normalized spacial score (nSPS) is 12.7. The van der Waals surface area contributed by atoms with Crippen LogP contribution in [0, 0.1) is 0 Å². The Balaban J connectivity index is 2.76. The fourth-order valence-electron chi connectivity index (χ4n) is 2.75. The van der Waals surface area contributed by atoms with E-state index in [2.05, 4.69) is 70.8 Å². The van der Waals surface area contributed by atoms with E-state index in [1.165, 1.54) is 5.56 Å². The molecule has 22 heavy (non-hydrogen) atoms. The highest BCUT2D eigenvalue weighted by Gasteiger charge is 2.27. The molecule has 1 aromatic carbocycles. The minimum Gasteiger partial charge on any atom is -0.507 e. The first kappa shape index (κ1) is 16.6. The molecule has 1 heterocycles. The quantitative estimate of drug-likeness (QED) is 0.825. The van der Waals surface area contributed by atoms with E-state index in [0.717, 1.165) is 28.8 Å². The molecule has 0 bridgehead atoms. The van der Waals surface area contributed by atoms with Gasteiger partial charge in [-0.2, -0.15) is 5.10 Å². The van der Waals surface area contributed by atoms with Gasteiger partial charge in [-0.15, -0.1) is 0 Å². The van der Waals surface area contributed by atoms with Gasteiger partial charge in [-0.25, -0.2) is 0 Å². The predicted molar refractivity (Wildman–Crippen MR) is 92.5 cm³/mol. The zero-order chi connectivity index (χ0) is 16.7. The van der Waals surface area contributed by atoms with Crippen molar-refractivity contribution < 1.29 is 5.11 Å². The van der Waals surface area contributed by atoms with Crippen LogP contribution in [0.4, 0.5) is 0 Å². The van der Waals surface area contributed by atoms with Crippen molar-refractivity contribution in [1.29, 1.82) is 0 Å². The van der Waals surface area contributed by atoms with Crippen LogP contribution in [0.5, 0.6) is 5.75 Å². The Morgan fingerprint density at radius 1 is 1.00 bits per heavy atom. The first-order chi connectivity index (χ1) is 10.1. The summed E-state index contributed by atoms with van der Waals surface area (Å²) in [6.45, 7) is 14.9. The molecule has 3 heteroatoms. The van der Waals surface area contributed by atoms with Gasteiger partial charge in [0, 0.05) is 16.7 Å². The van der Waals surface area contributed by atoms with E-state index >= 15 is 0 Å². The van der Waals surface area contributed by atoms with Gasteiger partial charge in [-0.05, 0) is 34.9 Å². The third kappa shape index (κ3) is 3.03. The molecule has 0 aliphatic rings. The van der Waals surface area contributed by atoms with Crippen molar-refractivity contribution in [1.82, 2.24) is 10.2 Å². The topological polar surface area (TPSA) is 48.9 Å². The largest absolute Gasteiger partial charge is 0.507 e. The van der Waals surface area contributed by atoms with Gasteiger partial charge >= 0.3 is 0 Å². The summed E-state index contributed by atoms with van der Waals surface area (Å²) in [5, 5.41) is 18.1. The van der Waals surface area contributed by atoms with Crippen molar-refractivity contribution in [2.75, 3.05) is 0 Å². The molecule has 0 unspecified atom stereocenters. The van der Waals surface area contributed by atoms with Gasteiger partial charge in [0.1, 0.15) is 5.75 Å². The van der Waals surface area contributed by atoms with Gasteiger partial charge in [0.15, 0.2) is 0 Å². The number of phenolic OH excluding ortho intramolecular Hbond substituents is 1. The molecule has 2 aromatic rings. The molecule has 0 amide bonds. The molecule has 120 valence electrons. The molecule has 0 spiro atoms. The van der Waals surface area contributed by atoms with Gasteiger partial charge in [-0.1, -0.05) is 48.5 Å². The molecule has 0 saturated carbocycles. The van der Waals surface area contributed by atoms with Crippen molar-refractivity contribution in [2.24, 2.45) is 0 Å². The number of benzene rings is 1. The first-order valence-electron chi connectivity index (χ1n) is 7.96. The van der Waals surface area contributed by atoms with E-state index in [-0.39, 0.29) is 10.8 Å². The lowest BCUT2D eigenvalue weighted by Gasteiger charge is -2.28. The summed E-state index contributed by atoms with van der Waals surface area (Å²) < 4.78 is 0. The van der Waals surface area contributed by atoms with Crippen LogP contribution < -0.4 is 0 Å². The molecule has 0 fully saturated rings. The number of aromatic nitrogens is 2. The number of hydrogen-bond acceptors (Lipinski definition) is 2. The molecule has 0 atom stereocenters. The first-order valence-corrected chi connectivity index (χ1v) is 7.96. The number of rotatable bonds is 2. The van der Waals surface area contributed by atoms with Crippen molar-refractivity contribution >= 4 is 0 Å². The van der Waals surface area contributed by atoms with E-state index in [1.807, 2.05) is 6.20 Å². The number of nitrogens with zero attached hydrogens (tertiary/aromatic N) is 1. The summed E-state index contributed by atoms with van der Waals surface area (Å²) in [7, 11) is 0. The van der Waals surface area contributed by atoms with Crippen LogP contribution in [-0.4, -0.2) is 15.3 Å². The number of aryl methyl sites for hydroxylation is 1. The number of aromatic amines is 1. The van der Waals surface area contributed by atoms with E-state index in [1.54, 1.807) is 0 Å². The van der Waals surface area contributed by atoms with Gasteiger partial charge in [0.25, 0.3) is 0 Å². The molecule has 0 saturated heterocycles. The maximum absolute atomic E-state index is 10.8. The van der Waals surface area contributed by atoms with E-state index in [4.69, 9.17) is 0 Å². The lowest BCUT2D eigenvalue weighted by molar-refractivity contribution is 0.423. The molecule has 2 rings (SSSR count). The zero-order valence-electron chi connectivity index (χ0n) is 14.8. The fraction of sp³-hybridized carbons (Fsp3) is 0.526. The summed E-state index contributed by atoms with van der Waals surface area (Å²) in [4.78, 5) is 0. The minimum atomic E-state index is -0.119. The van der Waals surface area contributed by atoms with Crippen molar-refractivity contribution in [3.63, 3.8) is 0 Å². The standard InChI is InChI=1S/C19H28N2O/c1-8-12-11-20-21-16(12)13-9-14(18(2,3)4)17(22)15(10-13)19(5,6)7/h9-11,22H,8H2,1-7H3,(H,20,21). The number of H-pyrrole nitrogens is 1. The Morgan fingerprint density at radius 3 is 1.91 bits per heavy atom. The van der Waals surface area contributed by atoms with Crippen LogP contribution in [0.1, 0.15) is 65.2 Å². The van der Waals surface area contributed by atoms with Crippen molar-refractivity contribution in [3.8, 4) is 17.0 Å². The van der Waals surface area contributed by atoms with Crippen LogP contribution in [0.25, 0.3) is 11.3 Å². The van der Waals surface area contributed by atoms with E-state index in [0.29, 0.717) is 5.75 Å². The van der Waals surface area contributed by atoms with Gasteiger partial charge in [-0.3, -0.25) is 5.10 Å². The van der Waals surface area contributed by atoms with Crippen LogP contribution >= 0.6 is 0 Å². The molecular formula is C19H28N2O. The van der Waals surface area contributed by atoms with Gasteiger partial charge in [0.05, 0.1) is 11.9 Å². The third-order valence-corrected chi connectivity index (χ3v) is 4.11. The van der Waals surface area contributed by atoms with Crippen molar-refractivity contribution in [2.45, 2.75) is 65.7 Å². The second kappa shape index (κ2) is 5.45. The number of aromatic hydroxyl groups is 1. The summed E-state index contributed by atoms with van der Waals surface area (Å²) in [6, 6.07) is 4.19. The second-order valence-corrected chi connectivity index (χ2v) is 8.04. The number of nitrogens with one attached hydrogen (secondary N) is 1. The van der Waals surface area contributed by atoms with Crippen LogP contribution in [-0.2, 0) is 17.3 Å². The summed E-state index contributed by atoms with van der Waals surface area (Å²) >= 11 is 0. The SMILES string of the molecule is CCc1cn[nH]c1-c1cc(C(C)(C)C)c(O)c(C(C)(C)C)c1. The van der Waals surface area contributed by atoms with E-state index < -0.39 is 0 Å². The highest BCUT2D eigenvalue weighted by atomic mass is 16.3. The summed E-state index contributed by atoms with van der Waals surface area (Å²) in [6.07, 6.45) is 2.82. The Hall–Kier alpha value is -1.77. The minimum absolute atomic E-state index is 0.119. The highest BCUT2D eigenvalue weighted by Crippen LogP contribution is 2.42.